The molecule has 0 saturated carbocycles. The number of hydrogen-bond donors (Lipinski definition) is 3. The molecule has 0 heterocycles. The summed E-state index contributed by atoms with van der Waals surface area (Å²) >= 11 is 0. The van der Waals surface area contributed by atoms with E-state index in [1.807, 2.05) is 38.1 Å². The van der Waals surface area contributed by atoms with Crippen LogP contribution >= 0.6 is 0 Å². The van der Waals surface area contributed by atoms with Crippen molar-refractivity contribution >= 4 is 11.7 Å². The molecule has 0 radical (unpaired) electrons. The van der Waals surface area contributed by atoms with Crippen LogP contribution in [0.3, 0.4) is 0 Å². The number of nitrogens with one attached hydrogen (secondary N) is 3. The van der Waals surface area contributed by atoms with Crippen molar-refractivity contribution in [3.63, 3.8) is 0 Å². The number of carbonyl (C=O) groups is 1. The van der Waals surface area contributed by atoms with Crippen LogP contribution in [0.15, 0.2) is 24.3 Å². The summed E-state index contributed by atoms with van der Waals surface area (Å²) < 4.78 is 0. The molecule has 0 fully saturated rings. The Hall–Kier alpha value is -1.55. The summed E-state index contributed by atoms with van der Waals surface area (Å²) in [6.45, 7) is 8.89. The lowest BCUT2D eigenvalue weighted by Crippen LogP contribution is -2.34. The Labute approximate surface area is 109 Å². The van der Waals surface area contributed by atoms with Gasteiger partial charge in [0.25, 0.3) is 0 Å². The SMILES string of the molecule is CC(C)NCc1cccc(NC(=O)NC(C)C)c1. The van der Waals surface area contributed by atoms with E-state index in [1.165, 1.54) is 0 Å². The van der Waals surface area contributed by atoms with Crippen molar-refractivity contribution < 1.29 is 4.79 Å². The first-order chi connectivity index (χ1) is 8.47. The van der Waals surface area contributed by atoms with Gasteiger partial charge in [-0.15, -0.1) is 0 Å². The van der Waals surface area contributed by atoms with Gasteiger partial charge in [0.2, 0.25) is 0 Å². The first-order valence-corrected chi connectivity index (χ1v) is 6.37. The summed E-state index contributed by atoms with van der Waals surface area (Å²) in [6, 6.07) is 8.28. The quantitative estimate of drug-likeness (QED) is 0.751. The third kappa shape index (κ3) is 5.68. The lowest BCUT2D eigenvalue weighted by atomic mass is 10.2. The van der Waals surface area contributed by atoms with Crippen LogP contribution in [0.2, 0.25) is 0 Å². The van der Waals surface area contributed by atoms with Gasteiger partial charge in [0.05, 0.1) is 0 Å². The summed E-state index contributed by atoms with van der Waals surface area (Å²) in [6.07, 6.45) is 0. The second kappa shape index (κ2) is 7.01. The van der Waals surface area contributed by atoms with E-state index in [2.05, 4.69) is 29.8 Å². The fourth-order valence-corrected chi connectivity index (χ4v) is 1.51. The maximum absolute atomic E-state index is 11.6. The van der Waals surface area contributed by atoms with Crippen molar-refractivity contribution in [1.82, 2.24) is 10.6 Å². The van der Waals surface area contributed by atoms with Gasteiger partial charge in [-0.3, -0.25) is 0 Å². The standard InChI is InChI=1S/C14H23N3O/c1-10(2)15-9-12-6-5-7-13(8-12)17-14(18)16-11(3)4/h5-8,10-11,15H,9H2,1-4H3,(H2,16,17,18). The van der Waals surface area contributed by atoms with Crippen molar-refractivity contribution in [2.24, 2.45) is 0 Å². The highest BCUT2D eigenvalue weighted by Gasteiger charge is 2.03. The van der Waals surface area contributed by atoms with Crippen LogP contribution in [-0.2, 0) is 6.54 Å². The minimum absolute atomic E-state index is 0.135. The first-order valence-electron chi connectivity index (χ1n) is 6.37. The molecule has 1 rings (SSSR count). The second-order valence-corrected chi connectivity index (χ2v) is 4.99. The molecule has 100 valence electrons. The van der Waals surface area contributed by atoms with Crippen LogP contribution in [0.4, 0.5) is 10.5 Å². The van der Waals surface area contributed by atoms with Crippen molar-refractivity contribution in [3.8, 4) is 0 Å². The zero-order chi connectivity index (χ0) is 13.5. The molecule has 0 aliphatic heterocycles. The normalized spacial score (nSPS) is 10.8. The first kappa shape index (κ1) is 14.5. The van der Waals surface area contributed by atoms with Gasteiger partial charge in [-0.1, -0.05) is 26.0 Å². The monoisotopic (exact) mass is 249 g/mol. The lowest BCUT2D eigenvalue weighted by molar-refractivity contribution is 0.250. The molecular weight excluding hydrogens is 226 g/mol. The Morgan fingerprint density at radius 2 is 1.89 bits per heavy atom. The molecule has 1 aromatic rings. The van der Waals surface area contributed by atoms with Crippen LogP contribution in [0.1, 0.15) is 33.3 Å². The molecule has 0 saturated heterocycles. The fourth-order valence-electron chi connectivity index (χ4n) is 1.51. The third-order valence-electron chi connectivity index (χ3n) is 2.32. The Morgan fingerprint density at radius 1 is 1.17 bits per heavy atom. The average molecular weight is 249 g/mol. The van der Waals surface area contributed by atoms with Crippen LogP contribution in [-0.4, -0.2) is 18.1 Å². The predicted molar refractivity (Wildman–Crippen MR) is 75.7 cm³/mol. The molecule has 0 aromatic heterocycles. The Bertz CT molecular complexity index is 388. The van der Waals surface area contributed by atoms with Gasteiger partial charge in [-0.05, 0) is 31.5 Å². The molecule has 1 aromatic carbocycles. The molecule has 18 heavy (non-hydrogen) atoms. The maximum atomic E-state index is 11.6. The van der Waals surface area contributed by atoms with E-state index >= 15 is 0 Å². The summed E-state index contributed by atoms with van der Waals surface area (Å²) in [7, 11) is 0. The molecule has 4 heteroatoms. The number of rotatable bonds is 5. The molecular formula is C14H23N3O. The molecule has 0 spiro atoms. The van der Waals surface area contributed by atoms with Crippen molar-refractivity contribution in [2.45, 2.75) is 46.3 Å². The number of benzene rings is 1. The molecule has 3 N–H and O–H groups in total. The fraction of sp³-hybridized carbons (Fsp3) is 0.500. The van der Waals surface area contributed by atoms with Gasteiger partial charge in [-0.2, -0.15) is 0 Å². The third-order valence-corrected chi connectivity index (χ3v) is 2.32. The Balaban J connectivity index is 2.56. The van der Waals surface area contributed by atoms with E-state index < -0.39 is 0 Å². The van der Waals surface area contributed by atoms with Crippen molar-refractivity contribution in [3.05, 3.63) is 29.8 Å². The summed E-state index contributed by atoms with van der Waals surface area (Å²) in [4.78, 5) is 11.6. The number of hydrogen-bond acceptors (Lipinski definition) is 2. The van der Waals surface area contributed by atoms with E-state index in [9.17, 15) is 4.79 Å². The molecule has 4 nitrogen and oxygen atoms in total. The Kier molecular flexibility index (Phi) is 5.65. The number of urea groups is 1. The van der Waals surface area contributed by atoms with Gasteiger partial charge >= 0.3 is 6.03 Å². The van der Waals surface area contributed by atoms with E-state index in [4.69, 9.17) is 0 Å². The van der Waals surface area contributed by atoms with Crippen LogP contribution in [0.25, 0.3) is 0 Å². The molecule has 0 aliphatic carbocycles. The molecule has 0 bridgehead atoms. The summed E-state index contributed by atoms with van der Waals surface area (Å²) in [5.41, 5.74) is 1.97. The van der Waals surface area contributed by atoms with Gasteiger partial charge in [0.1, 0.15) is 0 Å². The van der Waals surface area contributed by atoms with Crippen LogP contribution in [0.5, 0.6) is 0 Å². The highest BCUT2D eigenvalue weighted by atomic mass is 16.2. The van der Waals surface area contributed by atoms with Gasteiger partial charge in [0.15, 0.2) is 0 Å². The smallest absolute Gasteiger partial charge is 0.319 e. The van der Waals surface area contributed by atoms with E-state index in [-0.39, 0.29) is 12.1 Å². The maximum Gasteiger partial charge on any atom is 0.319 e. The Morgan fingerprint density at radius 3 is 2.50 bits per heavy atom. The predicted octanol–water partition coefficient (Wildman–Crippen LogP) is 2.71. The van der Waals surface area contributed by atoms with Crippen molar-refractivity contribution in [1.29, 1.82) is 0 Å². The molecule has 0 atom stereocenters. The zero-order valence-electron chi connectivity index (χ0n) is 11.6. The minimum Gasteiger partial charge on any atom is -0.336 e. The van der Waals surface area contributed by atoms with E-state index in [0.29, 0.717) is 6.04 Å². The summed E-state index contributed by atoms with van der Waals surface area (Å²) in [5.74, 6) is 0. The minimum atomic E-state index is -0.168. The summed E-state index contributed by atoms with van der Waals surface area (Å²) in [5, 5.41) is 8.96. The topological polar surface area (TPSA) is 53.2 Å². The molecule has 0 unspecified atom stereocenters. The van der Waals surface area contributed by atoms with Crippen LogP contribution < -0.4 is 16.0 Å². The number of carbonyl (C=O) groups excluding carboxylic acids is 1. The lowest BCUT2D eigenvalue weighted by Gasteiger charge is -2.12. The van der Waals surface area contributed by atoms with Gasteiger partial charge in [-0.25, -0.2) is 4.79 Å². The van der Waals surface area contributed by atoms with Gasteiger partial charge in [0, 0.05) is 24.3 Å². The highest BCUT2D eigenvalue weighted by Crippen LogP contribution is 2.10. The molecule has 0 aliphatic rings. The second-order valence-electron chi connectivity index (χ2n) is 4.99. The van der Waals surface area contributed by atoms with Crippen LogP contribution in [0, 0.1) is 0 Å². The van der Waals surface area contributed by atoms with E-state index in [0.717, 1.165) is 17.8 Å². The number of amides is 2. The zero-order valence-corrected chi connectivity index (χ0v) is 11.6. The molecule has 2 amide bonds. The van der Waals surface area contributed by atoms with E-state index in [1.54, 1.807) is 0 Å². The van der Waals surface area contributed by atoms with Gasteiger partial charge < -0.3 is 16.0 Å². The average Bonchev–Trinajstić information content (AvgIpc) is 2.25. The highest BCUT2D eigenvalue weighted by molar-refractivity contribution is 5.89. The number of anilines is 1. The van der Waals surface area contributed by atoms with Crippen molar-refractivity contribution in [2.75, 3.05) is 5.32 Å². The largest absolute Gasteiger partial charge is 0.336 e.